The van der Waals surface area contributed by atoms with E-state index in [1.807, 2.05) is 24.3 Å². The van der Waals surface area contributed by atoms with Crippen molar-refractivity contribution < 1.29 is 17.9 Å². The first-order valence-corrected chi connectivity index (χ1v) is 7.04. The lowest BCUT2D eigenvalue weighted by Gasteiger charge is -2.10. The van der Waals surface area contributed by atoms with Gasteiger partial charge < -0.3 is 10.1 Å². The fraction of sp³-hybridized carbons (Fsp3) is 0.200. The van der Waals surface area contributed by atoms with E-state index in [9.17, 15) is 13.2 Å². The zero-order valence-electron chi connectivity index (χ0n) is 11.0. The van der Waals surface area contributed by atoms with Crippen molar-refractivity contribution >= 4 is 21.6 Å². The van der Waals surface area contributed by atoms with Crippen LogP contribution in [0.5, 0.6) is 5.75 Å². The molecule has 0 spiro atoms. The van der Waals surface area contributed by atoms with Gasteiger partial charge in [0.1, 0.15) is 12.4 Å². The predicted octanol–water partition coefficient (Wildman–Crippen LogP) is 4.96. The van der Waals surface area contributed by atoms with Crippen molar-refractivity contribution in [1.29, 1.82) is 0 Å². The van der Waals surface area contributed by atoms with Crippen LogP contribution in [0, 0.1) is 0 Å². The minimum atomic E-state index is -4.32. The minimum absolute atomic E-state index is 0.363. The Morgan fingerprint density at radius 3 is 2.14 bits per heavy atom. The number of nitrogens with one attached hydrogen (secondary N) is 1. The van der Waals surface area contributed by atoms with Crippen LogP contribution < -0.4 is 10.1 Å². The number of ether oxygens (including phenoxy) is 1. The van der Waals surface area contributed by atoms with Gasteiger partial charge in [0.05, 0.1) is 5.56 Å². The molecular weight excluding hydrogens is 347 g/mol. The molecule has 0 atom stereocenters. The highest BCUT2D eigenvalue weighted by Gasteiger charge is 2.29. The van der Waals surface area contributed by atoms with Crippen molar-refractivity contribution in [2.24, 2.45) is 0 Å². The molecule has 0 aliphatic heterocycles. The largest absolute Gasteiger partial charge is 0.492 e. The Morgan fingerprint density at radius 1 is 0.952 bits per heavy atom. The van der Waals surface area contributed by atoms with Gasteiger partial charge >= 0.3 is 6.18 Å². The Kier molecular flexibility index (Phi) is 5.12. The number of hydrogen-bond acceptors (Lipinski definition) is 2. The molecule has 0 bridgehead atoms. The lowest BCUT2D eigenvalue weighted by Crippen LogP contribution is -2.11. The summed E-state index contributed by atoms with van der Waals surface area (Å²) >= 11 is 3.35. The third-order valence-electron chi connectivity index (χ3n) is 2.73. The van der Waals surface area contributed by atoms with Gasteiger partial charge in [0, 0.05) is 16.7 Å². The van der Waals surface area contributed by atoms with Crippen molar-refractivity contribution in [2.45, 2.75) is 6.18 Å². The molecule has 0 saturated heterocycles. The molecule has 21 heavy (non-hydrogen) atoms. The molecule has 0 aliphatic carbocycles. The van der Waals surface area contributed by atoms with Crippen molar-refractivity contribution in [2.75, 3.05) is 18.5 Å². The summed E-state index contributed by atoms with van der Waals surface area (Å²) in [5.74, 6) is 0.417. The summed E-state index contributed by atoms with van der Waals surface area (Å²) in [6.07, 6.45) is -4.32. The predicted molar refractivity (Wildman–Crippen MR) is 79.6 cm³/mol. The first kappa shape index (κ1) is 15.7. The van der Waals surface area contributed by atoms with Crippen LogP contribution in [-0.4, -0.2) is 13.2 Å². The number of benzene rings is 2. The van der Waals surface area contributed by atoms with E-state index in [1.165, 1.54) is 12.1 Å². The molecule has 2 nitrogen and oxygen atoms in total. The zero-order chi connectivity index (χ0) is 15.3. The van der Waals surface area contributed by atoms with Gasteiger partial charge in [0.25, 0.3) is 0 Å². The highest BCUT2D eigenvalue weighted by atomic mass is 79.9. The topological polar surface area (TPSA) is 21.3 Å². The van der Waals surface area contributed by atoms with E-state index >= 15 is 0 Å². The van der Waals surface area contributed by atoms with Crippen LogP contribution in [0.4, 0.5) is 18.9 Å². The van der Waals surface area contributed by atoms with Crippen molar-refractivity contribution in [3.63, 3.8) is 0 Å². The van der Waals surface area contributed by atoms with Gasteiger partial charge in [-0.3, -0.25) is 0 Å². The average molecular weight is 360 g/mol. The first-order valence-electron chi connectivity index (χ1n) is 6.25. The zero-order valence-corrected chi connectivity index (χ0v) is 12.5. The summed E-state index contributed by atoms with van der Waals surface area (Å²) in [5, 5.41) is 3.15. The van der Waals surface area contributed by atoms with E-state index in [1.54, 1.807) is 0 Å². The highest BCUT2D eigenvalue weighted by Crippen LogP contribution is 2.30. The second-order valence-electron chi connectivity index (χ2n) is 4.30. The molecule has 0 heterocycles. The van der Waals surface area contributed by atoms with E-state index in [-0.39, 0.29) is 0 Å². The van der Waals surface area contributed by atoms with E-state index < -0.39 is 11.7 Å². The molecular formula is C15H13BrF3NO. The number of anilines is 1. The van der Waals surface area contributed by atoms with Gasteiger partial charge in [-0.25, -0.2) is 0 Å². The van der Waals surface area contributed by atoms with E-state index in [4.69, 9.17) is 4.74 Å². The Labute approximate surface area is 129 Å². The molecule has 0 saturated carbocycles. The van der Waals surface area contributed by atoms with Crippen molar-refractivity contribution in [3.05, 3.63) is 58.6 Å². The van der Waals surface area contributed by atoms with Crippen LogP contribution in [0.2, 0.25) is 0 Å². The molecule has 0 amide bonds. The van der Waals surface area contributed by atoms with Crippen LogP contribution in [0.3, 0.4) is 0 Å². The minimum Gasteiger partial charge on any atom is -0.492 e. The molecule has 0 aliphatic rings. The SMILES string of the molecule is FC(F)(F)c1ccc(OCCNc2ccc(Br)cc2)cc1. The van der Waals surface area contributed by atoms with Gasteiger partial charge in [-0.1, -0.05) is 15.9 Å². The molecule has 0 aromatic heterocycles. The quantitative estimate of drug-likeness (QED) is 0.761. The van der Waals surface area contributed by atoms with Gasteiger partial charge in [-0.2, -0.15) is 13.2 Å². The van der Waals surface area contributed by atoms with E-state index in [0.717, 1.165) is 22.3 Å². The van der Waals surface area contributed by atoms with Crippen LogP contribution in [0.25, 0.3) is 0 Å². The second kappa shape index (κ2) is 6.85. The van der Waals surface area contributed by atoms with Gasteiger partial charge in [-0.05, 0) is 48.5 Å². The fourth-order valence-electron chi connectivity index (χ4n) is 1.67. The van der Waals surface area contributed by atoms with Gasteiger partial charge in [-0.15, -0.1) is 0 Å². The van der Waals surface area contributed by atoms with Crippen LogP contribution in [0.1, 0.15) is 5.56 Å². The second-order valence-corrected chi connectivity index (χ2v) is 5.22. The summed E-state index contributed by atoms with van der Waals surface area (Å²) in [4.78, 5) is 0. The first-order chi connectivity index (χ1) is 9.95. The number of halogens is 4. The summed E-state index contributed by atoms with van der Waals surface area (Å²) in [5.41, 5.74) is 0.275. The van der Waals surface area contributed by atoms with E-state index in [2.05, 4.69) is 21.2 Å². The van der Waals surface area contributed by atoms with Crippen LogP contribution >= 0.6 is 15.9 Å². The molecule has 112 valence electrons. The lowest BCUT2D eigenvalue weighted by molar-refractivity contribution is -0.137. The maximum absolute atomic E-state index is 12.4. The summed E-state index contributed by atoms with van der Waals surface area (Å²) in [7, 11) is 0. The molecule has 0 unspecified atom stereocenters. The van der Waals surface area contributed by atoms with Gasteiger partial charge in [0.15, 0.2) is 0 Å². The molecule has 2 aromatic rings. The van der Waals surface area contributed by atoms with Crippen molar-refractivity contribution in [3.8, 4) is 5.75 Å². The van der Waals surface area contributed by atoms with Crippen molar-refractivity contribution in [1.82, 2.24) is 0 Å². The smallest absolute Gasteiger partial charge is 0.416 e. The normalized spacial score (nSPS) is 11.2. The monoisotopic (exact) mass is 359 g/mol. The Hall–Kier alpha value is -1.69. The third-order valence-corrected chi connectivity index (χ3v) is 3.25. The summed E-state index contributed by atoms with van der Waals surface area (Å²) in [6, 6.07) is 12.3. The average Bonchev–Trinajstić information content (AvgIpc) is 2.45. The summed E-state index contributed by atoms with van der Waals surface area (Å²) < 4.78 is 43.5. The molecule has 1 N–H and O–H groups in total. The molecule has 2 rings (SSSR count). The maximum Gasteiger partial charge on any atom is 0.416 e. The summed E-state index contributed by atoms with van der Waals surface area (Å²) in [6.45, 7) is 0.921. The standard InChI is InChI=1S/C15H13BrF3NO/c16-12-3-5-13(6-4-12)20-9-10-21-14-7-1-11(2-8-14)15(17,18)19/h1-8,20H,9-10H2. The Morgan fingerprint density at radius 2 is 1.57 bits per heavy atom. The van der Waals surface area contributed by atoms with E-state index in [0.29, 0.717) is 18.9 Å². The number of alkyl halides is 3. The Bertz CT molecular complexity index is 567. The molecule has 2 aromatic carbocycles. The number of rotatable bonds is 5. The Balaban J connectivity index is 1.77. The van der Waals surface area contributed by atoms with Gasteiger partial charge in [0.2, 0.25) is 0 Å². The molecule has 6 heteroatoms. The fourth-order valence-corrected chi connectivity index (χ4v) is 1.94. The maximum atomic E-state index is 12.4. The lowest BCUT2D eigenvalue weighted by atomic mass is 10.2. The molecule has 0 fully saturated rings. The van der Waals surface area contributed by atoms with Crippen LogP contribution in [-0.2, 0) is 6.18 Å². The third kappa shape index (κ3) is 4.97. The van der Waals surface area contributed by atoms with Crippen LogP contribution in [0.15, 0.2) is 53.0 Å². The number of hydrogen-bond donors (Lipinski definition) is 1. The highest BCUT2D eigenvalue weighted by molar-refractivity contribution is 9.10. The molecule has 0 radical (unpaired) electrons.